The molecule has 1 N–H and O–H groups in total. The van der Waals surface area contributed by atoms with E-state index >= 15 is 0 Å². The number of aliphatic hydroxyl groups excluding tert-OH is 1. The van der Waals surface area contributed by atoms with Crippen molar-refractivity contribution in [1.29, 1.82) is 0 Å². The number of hydrogen-bond donors (Lipinski definition) is 1. The molecule has 6 nitrogen and oxygen atoms in total. The molecule has 3 rings (SSSR count). The molecule has 3 aromatic rings. The maximum Gasteiger partial charge on any atom is 0.269 e. The Bertz CT molecular complexity index is 907. The molecule has 0 fully saturated rings. The largest absolute Gasteiger partial charge is 0.391 e. The Morgan fingerprint density at radius 2 is 1.88 bits per heavy atom. The molecule has 1 aromatic heterocycles. The van der Waals surface area contributed by atoms with Gasteiger partial charge < -0.3 is 9.63 Å². The molecule has 0 unspecified atom stereocenters. The van der Waals surface area contributed by atoms with Gasteiger partial charge >= 0.3 is 0 Å². The monoisotopic (exact) mass is 332 g/mol. The third kappa shape index (κ3) is 2.63. The van der Waals surface area contributed by atoms with Gasteiger partial charge in [0.2, 0.25) is 0 Å². The van der Waals surface area contributed by atoms with Gasteiger partial charge in [-0.25, -0.2) is 8.78 Å². The predicted octanol–water partition coefficient (Wildman–Crippen LogP) is 3.69. The average Bonchev–Trinajstić information content (AvgIpc) is 3.01. The number of nitro groups is 1. The van der Waals surface area contributed by atoms with Crippen LogP contribution in [0.5, 0.6) is 0 Å². The van der Waals surface area contributed by atoms with Gasteiger partial charge in [-0.05, 0) is 24.3 Å². The van der Waals surface area contributed by atoms with Gasteiger partial charge in [-0.15, -0.1) is 0 Å². The van der Waals surface area contributed by atoms with E-state index in [1.54, 1.807) is 0 Å². The second-order valence-electron chi connectivity index (χ2n) is 4.90. The van der Waals surface area contributed by atoms with Crippen molar-refractivity contribution in [2.75, 3.05) is 0 Å². The quantitative estimate of drug-likeness (QED) is 0.581. The van der Waals surface area contributed by atoms with Crippen LogP contribution < -0.4 is 0 Å². The van der Waals surface area contributed by atoms with Crippen molar-refractivity contribution >= 4 is 5.69 Å². The van der Waals surface area contributed by atoms with Gasteiger partial charge in [-0.1, -0.05) is 11.2 Å². The summed E-state index contributed by atoms with van der Waals surface area (Å²) in [6.07, 6.45) is 0. The SMILES string of the molecule is O=[N+]([O-])c1ccc(-c2onc(-c3cccc(F)c3F)c2CO)cc1. The summed E-state index contributed by atoms with van der Waals surface area (Å²) >= 11 is 0. The lowest BCUT2D eigenvalue weighted by Gasteiger charge is -2.03. The van der Waals surface area contributed by atoms with Gasteiger partial charge in [0, 0.05) is 23.3 Å². The first-order chi connectivity index (χ1) is 11.5. The van der Waals surface area contributed by atoms with Crippen molar-refractivity contribution < 1.29 is 23.3 Å². The third-order valence-electron chi connectivity index (χ3n) is 3.49. The number of benzene rings is 2. The van der Waals surface area contributed by atoms with E-state index in [4.69, 9.17) is 4.52 Å². The molecule has 24 heavy (non-hydrogen) atoms. The predicted molar refractivity (Wildman–Crippen MR) is 79.9 cm³/mol. The second kappa shape index (κ2) is 6.17. The van der Waals surface area contributed by atoms with E-state index in [1.165, 1.54) is 36.4 Å². The van der Waals surface area contributed by atoms with E-state index < -0.39 is 23.2 Å². The maximum absolute atomic E-state index is 13.9. The van der Waals surface area contributed by atoms with E-state index in [-0.39, 0.29) is 28.3 Å². The Morgan fingerprint density at radius 3 is 2.50 bits per heavy atom. The van der Waals surface area contributed by atoms with Crippen LogP contribution >= 0.6 is 0 Å². The smallest absolute Gasteiger partial charge is 0.269 e. The Balaban J connectivity index is 2.10. The number of non-ortho nitro benzene ring substituents is 1. The molecule has 0 aliphatic heterocycles. The molecule has 0 radical (unpaired) electrons. The van der Waals surface area contributed by atoms with Gasteiger partial charge in [-0.2, -0.15) is 0 Å². The molecule has 0 bridgehead atoms. The zero-order valence-electron chi connectivity index (χ0n) is 12.1. The van der Waals surface area contributed by atoms with E-state index in [0.717, 1.165) is 6.07 Å². The fourth-order valence-electron chi connectivity index (χ4n) is 2.32. The number of nitro benzene ring substituents is 1. The summed E-state index contributed by atoms with van der Waals surface area (Å²) < 4.78 is 32.5. The van der Waals surface area contributed by atoms with Crippen molar-refractivity contribution in [3.05, 3.63) is 69.8 Å². The minimum absolute atomic E-state index is 0.0251. The van der Waals surface area contributed by atoms with E-state index in [9.17, 15) is 24.0 Å². The topological polar surface area (TPSA) is 89.4 Å². The van der Waals surface area contributed by atoms with Gasteiger partial charge in [0.15, 0.2) is 17.4 Å². The number of rotatable bonds is 4. The zero-order valence-corrected chi connectivity index (χ0v) is 12.1. The molecular weight excluding hydrogens is 322 g/mol. The molecule has 0 aliphatic rings. The average molecular weight is 332 g/mol. The van der Waals surface area contributed by atoms with Gasteiger partial charge in [0.1, 0.15) is 5.69 Å². The van der Waals surface area contributed by atoms with Crippen molar-refractivity contribution in [2.45, 2.75) is 6.61 Å². The van der Waals surface area contributed by atoms with Crippen LogP contribution in [0.1, 0.15) is 5.56 Å². The highest BCUT2D eigenvalue weighted by Crippen LogP contribution is 2.34. The minimum atomic E-state index is -1.10. The summed E-state index contributed by atoms with van der Waals surface area (Å²) in [5.74, 6) is -2.02. The molecule has 0 atom stereocenters. The van der Waals surface area contributed by atoms with Crippen molar-refractivity contribution in [2.24, 2.45) is 0 Å². The van der Waals surface area contributed by atoms with E-state index in [2.05, 4.69) is 5.16 Å². The lowest BCUT2D eigenvalue weighted by molar-refractivity contribution is -0.384. The van der Waals surface area contributed by atoms with Gasteiger partial charge in [0.05, 0.1) is 17.1 Å². The zero-order chi connectivity index (χ0) is 17.3. The van der Waals surface area contributed by atoms with Crippen LogP contribution in [0.4, 0.5) is 14.5 Å². The standard InChI is InChI=1S/C16H10F2N2O4/c17-13-3-1-2-11(14(13)18)15-12(8-21)16(24-19-15)9-4-6-10(7-5-9)20(22)23/h1-7,21H,8H2. The fourth-order valence-corrected chi connectivity index (χ4v) is 2.32. The minimum Gasteiger partial charge on any atom is -0.391 e. The summed E-state index contributed by atoms with van der Waals surface area (Å²) in [7, 11) is 0. The molecule has 2 aromatic carbocycles. The molecule has 0 amide bonds. The van der Waals surface area contributed by atoms with Crippen LogP contribution in [0.25, 0.3) is 22.6 Å². The van der Waals surface area contributed by atoms with Gasteiger partial charge in [-0.3, -0.25) is 10.1 Å². The number of aliphatic hydroxyl groups is 1. The van der Waals surface area contributed by atoms with Crippen molar-refractivity contribution in [3.8, 4) is 22.6 Å². The summed E-state index contributed by atoms with van der Waals surface area (Å²) in [6, 6.07) is 8.97. The van der Waals surface area contributed by atoms with Crippen LogP contribution in [0.3, 0.4) is 0 Å². The Morgan fingerprint density at radius 1 is 1.17 bits per heavy atom. The second-order valence-corrected chi connectivity index (χ2v) is 4.90. The van der Waals surface area contributed by atoms with Crippen LogP contribution in [-0.2, 0) is 6.61 Å². The van der Waals surface area contributed by atoms with Crippen LogP contribution in [0, 0.1) is 21.7 Å². The number of halogens is 2. The first-order valence-corrected chi connectivity index (χ1v) is 6.81. The van der Waals surface area contributed by atoms with E-state index in [1.807, 2.05) is 0 Å². The van der Waals surface area contributed by atoms with Gasteiger partial charge in [0.25, 0.3) is 5.69 Å². The highest BCUT2D eigenvalue weighted by atomic mass is 19.2. The summed E-state index contributed by atoms with van der Waals surface area (Å²) in [5, 5.41) is 24.0. The Labute approximate surface area is 134 Å². The molecular formula is C16H10F2N2O4. The third-order valence-corrected chi connectivity index (χ3v) is 3.49. The molecule has 8 heteroatoms. The van der Waals surface area contributed by atoms with Crippen LogP contribution in [-0.4, -0.2) is 15.2 Å². The normalized spacial score (nSPS) is 10.8. The molecule has 0 saturated heterocycles. The lowest BCUT2D eigenvalue weighted by Crippen LogP contribution is -1.94. The molecule has 0 aliphatic carbocycles. The van der Waals surface area contributed by atoms with E-state index in [0.29, 0.717) is 5.56 Å². The first kappa shape index (κ1) is 15.8. The Hall–Kier alpha value is -3.13. The summed E-state index contributed by atoms with van der Waals surface area (Å²) in [6.45, 7) is -0.527. The van der Waals surface area contributed by atoms with Crippen LogP contribution in [0.15, 0.2) is 47.0 Å². The van der Waals surface area contributed by atoms with Crippen molar-refractivity contribution in [1.82, 2.24) is 5.16 Å². The highest BCUT2D eigenvalue weighted by Gasteiger charge is 2.22. The number of hydrogen-bond acceptors (Lipinski definition) is 5. The van der Waals surface area contributed by atoms with Crippen molar-refractivity contribution in [3.63, 3.8) is 0 Å². The first-order valence-electron chi connectivity index (χ1n) is 6.81. The Kier molecular flexibility index (Phi) is 4.05. The number of nitrogens with zero attached hydrogens (tertiary/aromatic N) is 2. The maximum atomic E-state index is 13.9. The molecule has 0 saturated carbocycles. The van der Waals surface area contributed by atoms with Crippen LogP contribution in [0.2, 0.25) is 0 Å². The molecule has 1 heterocycles. The highest BCUT2D eigenvalue weighted by molar-refractivity contribution is 5.73. The number of aromatic nitrogens is 1. The summed E-state index contributed by atoms with van der Waals surface area (Å²) in [5.41, 5.74) is 0.299. The molecule has 0 spiro atoms. The molecule has 122 valence electrons. The lowest BCUT2D eigenvalue weighted by atomic mass is 10.0. The summed E-state index contributed by atoms with van der Waals surface area (Å²) in [4.78, 5) is 10.1. The fraction of sp³-hybridized carbons (Fsp3) is 0.0625.